The third kappa shape index (κ3) is 3.20. The molecule has 32 heavy (non-hydrogen) atoms. The van der Waals surface area contributed by atoms with Crippen molar-refractivity contribution in [3.05, 3.63) is 55.2 Å². The summed E-state index contributed by atoms with van der Waals surface area (Å²) in [5, 5.41) is 3.50. The molecule has 8 nitrogen and oxygen atoms in total. The highest BCUT2D eigenvalue weighted by atomic mass is 16.5. The van der Waals surface area contributed by atoms with E-state index in [9.17, 15) is 0 Å². The molecule has 1 atom stereocenters. The van der Waals surface area contributed by atoms with Gasteiger partial charge < -0.3 is 19.6 Å². The van der Waals surface area contributed by atoms with E-state index in [0.29, 0.717) is 11.9 Å². The van der Waals surface area contributed by atoms with Crippen molar-refractivity contribution >= 4 is 22.2 Å². The van der Waals surface area contributed by atoms with Crippen molar-refractivity contribution in [3.8, 4) is 28.3 Å². The first-order valence-electron chi connectivity index (χ1n) is 10.8. The Balaban J connectivity index is 1.44. The van der Waals surface area contributed by atoms with E-state index >= 15 is 0 Å². The molecule has 1 aliphatic rings. The van der Waals surface area contributed by atoms with Crippen LogP contribution in [-0.2, 0) is 0 Å². The SMILES string of the molecule is COc1cc(-c2cnc3[nH]cc(-c4ccc5ncn([C@@H]6CCCNC6)c5c4)c3n2)ccn1. The highest BCUT2D eigenvalue weighted by Crippen LogP contribution is 2.32. The molecule has 5 aromatic rings. The summed E-state index contributed by atoms with van der Waals surface area (Å²) >= 11 is 0. The minimum absolute atomic E-state index is 0.431. The first kappa shape index (κ1) is 18.9. The highest BCUT2D eigenvalue weighted by molar-refractivity contribution is 5.94. The maximum atomic E-state index is 5.26. The largest absolute Gasteiger partial charge is 0.481 e. The molecular weight excluding hydrogens is 402 g/mol. The summed E-state index contributed by atoms with van der Waals surface area (Å²) in [5.41, 5.74) is 7.55. The Bertz CT molecular complexity index is 1410. The summed E-state index contributed by atoms with van der Waals surface area (Å²) < 4.78 is 7.56. The number of H-pyrrole nitrogens is 1. The van der Waals surface area contributed by atoms with Crippen LogP contribution in [0.5, 0.6) is 5.88 Å². The summed E-state index contributed by atoms with van der Waals surface area (Å²) in [6, 6.07) is 10.6. The van der Waals surface area contributed by atoms with Crippen LogP contribution in [0.4, 0.5) is 0 Å². The number of aromatic nitrogens is 6. The van der Waals surface area contributed by atoms with Gasteiger partial charge in [0, 0.05) is 42.2 Å². The van der Waals surface area contributed by atoms with Crippen molar-refractivity contribution in [3.63, 3.8) is 0 Å². The van der Waals surface area contributed by atoms with Crippen molar-refractivity contribution in [1.82, 2.24) is 34.8 Å². The average Bonchev–Trinajstić information content (AvgIpc) is 3.48. The third-order valence-corrected chi connectivity index (χ3v) is 6.17. The normalized spacial score (nSPS) is 16.6. The van der Waals surface area contributed by atoms with E-state index < -0.39 is 0 Å². The summed E-state index contributed by atoms with van der Waals surface area (Å²) in [4.78, 5) is 21.6. The number of piperidine rings is 1. The van der Waals surface area contributed by atoms with Crippen molar-refractivity contribution in [2.75, 3.05) is 20.2 Å². The van der Waals surface area contributed by atoms with E-state index in [1.165, 1.54) is 12.8 Å². The molecule has 5 heterocycles. The van der Waals surface area contributed by atoms with Crippen molar-refractivity contribution in [1.29, 1.82) is 0 Å². The molecule has 1 fully saturated rings. The first-order chi connectivity index (χ1) is 15.8. The van der Waals surface area contributed by atoms with Gasteiger partial charge in [-0.2, -0.15) is 0 Å². The van der Waals surface area contributed by atoms with Crippen LogP contribution in [0.1, 0.15) is 18.9 Å². The van der Waals surface area contributed by atoms with Gasteiger partial charge in [-0.3, -0.25) is 0 Å². The van der Waals surface area contributed by atoms with E-state index in [2.05, 4.69) is 48.0 Å². The molecule has 1 aromatic carbocycles. The number of ether oxygens (including phenoxy) is 1. The van der Waals surface area contributed by atoms with E-state index in [1.807, 2.05) is 24.7 Å². The Kier molecular flexibility index (Phi) is 4.57. The van der Waals surface area contributed by atoms with Gasteiger partial charge in [0.25, 0.3) is 0 Å². The number of methoxy groups -OCH3 is 1. The Labute approximate surface area is 184 Å². The molecule has 6 rings (SSSR count). The number of rotatable bonds is 4. The van der Waals surface area contributed by atoms with Gasteiger partial charge in [-0.1, -0.05) is 6.07 Å². The second-order valence-corrected chi connectivity index (χ2v) is 8.10. The molecule has 4 aromatic heterocycles. The Morgan fingerprint density at radius 1 is 1.09 bits per heavy atom. The van der Waals surface area contributed by atoms with Crippen LogP contribution >= 0.6 is 0 Å². The molecule has 0 aliphatic carbocycles. The lowest BCUT2D eigenvalue weighted by atomic mass is 10.1. The van der Waals surface area contributed by atoms with E-state index in [-0.39, 0.29) is 0 Å². The topological polar surface area (TPSA) is 93.5 Å². The van der Waals surface area contributed by atoms with Gasteiger partial charge in [0.1, 0.15) is 5.52 Å². The van der Waals surface area contributed by atoms with E-state index in [1.54, 1.807) is 19.5 Å². The number of hydrogen-bond acceptors (Lipinski definition) is 6. The number of pyridine rings is 1. The van der Waals surface area contributed by atoms with E-state index in [0.717, 1.165) is 57.7 Å². The van der Waals surface area contributed by atoms with Gasteiger partial charge in [0.15, 0.2) is 5.65 Å². The molecule has 8 heteroatoms. The fraction of sp³-hybridized carbons (Fsp3) is 0.250. The molecule has 0 radical (unpaired) electrons. The van der Waals surface area contributed by atoms with Gasteiger partial charge in [0.05, 0.1) is 36.4 Å². The zero-order valence-corrected chi connectivity index (χ0v) is 17.7. The lowest BCUT2D eigenvalue weighted by molar-refractivity contribution is 0.378. The average molecular weight is 425 g/mol. The first-order valence-corrected chi connectivity index (χ1v) is 10.8. The molecule has 160 valence electrons. The van der Waals surface area contributed by atoms with Crippen molar-refractivity contribution in [2.24, 2.45) is 0 Å². The summed E-state index contributed by atoms with van der Waals surface area (Å²) in [7, 11) is 1.61. The predicted molar refractivity (Wildman–Crippen MR) is 124 cm³/mol. The number of benzene rings is 1. The number of nitrogens with one attached hydrogen (secondary N) is 2. The third-order valence-electron chi connectivity index (χ3n) is 6.17. The zero-order valence-electron chi connectivity index (χ0n) is 17.7. The molecule has 0 spiro atoms. The maximum Gasteiger partial charge on any atom is 0.213 e. The van der Waals surface area contributed by atoms with E-state index in [4.69, 9.17) is 9.72 Å². The summed E-state index contributed by atoms with van der Waals surface area (Å²) in [6.45, 7) is 2.07. The van der Waals surface area contributed by atoms with Crippen LogP contribution < -0.4 is 10.1 Å². The minimum atomic E-state index is 0.431. The van der Waals surface area contributed by atoms with Crippen LogP contribution in [0.2, 0.25) is 0 Å². The van der Waals surface area contributed by atoms with Crippen LogP contribution in [-0.4, -0.2) is 49.7 Å². The fourth-order valence-electron chi connectivity index (χ4n) is 4.49. The van der Waals surface area contributed by atoms with Crippen molar-refractivity contribution in [2.45, 2.75) is 18.9 Å². The van der Waals surface area contributed by atoms with Gasteiger partial charge in [-0.05, 0) is 43.1 Å². The maximum absolute atomic E-state index is 5.26. The highest BCUT2D eigenvalue weighted by Gasteiger charge is 2.18. The van der Waals surface area contributed by atoms with Crippen LogP contribution in [0.25, 0.3) is 44.6 Å². The van der Waals surface area contributed by atoms with Crippen LogP contribution in [0.15, 0.2) is 55.2 Å². The fourth-order valence-corrected chi connectivity index (χ4v) is 4.49. The zero-order chi connectivity index (χ0) is 21.5. The second kappa shape index (κ2) is 7.72. The molecule has 0 amide bonds. The molecule has 2 N–H and O–H groups in total. The predicted octanol–water partition coefficient (Wildman–Crippen LogP) is 3.97. The molecular formula is C24H23N7O. The number of hydrogen-bond donors (Lipinski definition) is 2. The monoisotopic (exact) mass is 425 g/mol. The number of imidazole rings is 1. The second-order valence-electron chi connectivity index (χ2n) is 8.10. The van der Waals surface area contributed by atoms with Gasteiger partial charge >= 0.3 is 0 Å². The Hall–Kier alpha value is -3.78. The van der Waals surface area contributed by atoms with Gasteiger partial charge in [-0.25, -0.2) is 19.9 Å². The van der Waals surface area contributed by atoms with Gasteiger partial charge in [0.2, 0.25) is 5.88 Å². The Morgan fingerprint density at radius 2 is 2.06 bits per heavy atom. The molecule has 0 unspecified atom stereocenters. The molecule has 1 aliphatic heterocycles. The lowest BCUT2D eigenvalue weighted by Gasteiger charge is -2.24. The molecule has 0 saturated carbocycles. The molecule has 1 saturated heterocycles. The van der Waals surface area contributed by atoms with Gasteiger partial charge in [-0.15, -0.1) is 0 Å². The summed E-state index contributed by atoms with van der Waals surface area (Å²) in [5.74, 6) is 0.551. The summed E-state index contributed by atoms with van der Waals surface area (Å²) in [6.07, 6.45) is 9.78. The number of nitrogens with zero attached hydrogens (tertiary/aromatic N) is 5. The smallest absolute Gasteiger partial charge is 0.213 e. The Morgan fingerprint density at radius 3 is 2.94 bits per heavy atom. The number of fused-ring (bicyclic) bond motifs is 2. The van der Waals surface area contributed by atoms with Crippen LogP contribution in [0.3, 0.4) is 0 Å². The van der Waals surface area contributed by atoms with Crippen LogP contribution in [0, 0.1) is 0 Å². The lowest BCUT2D eigenvalue weighted by Crippen LogP contribution is -2.31. The minimum Gasteiger partial charge on any atom is -0.481 e. The molecule has 0 bridgehead atoms. The van der Waals surface area contributed by atoms with Crippen molar-refractivity contribution < 1.29 is 4.74 Å². The number of aromatic amines is 1. The quantitative estimate of drug-likeness (QED) is 0.453. The standard InChI is InChI=1S/C24H23N7O/c1-32-22-10-16(6-8-26-22)20-13-28-24-23(30-20)18(12-27-24)15-4-5-19-21(9-15)31(14-29-19)17-3-2-7-25-11-17/h4-6,8-10,12-14,17,25H,2-3,7,11H2,1H3,(H,27,28)/t17-/m1/s1.